The number of hydrogen-bond acceptors (Lipinski definition) is 6. The quantitative estimate of drug-likeness (QED) is 0.0686. The van der Waals surface area contributed by atoms with Crippen molar-refractivity contribution in [3.05, 3.63) is 208 Å². The van der Waals surface area contributed by atoms with Crippen LogP contribution in [0.5, 0.6) is 0 Å². The van der Waals surface area contributed by atoms with Crippen LogP contribution >= 0.6 is 0 Å². The monoisotopic (exact) mass is 1250 g/mol. The van der Waals surface area contributed by atoms with Gasteiger partial charge in [0.1, 0.15) is 0 Å². The molecule has 5 aliphatic rings. The lowest BCUT2D eigenvalue weighted by molar-refractivity contribution is -0.167. The van der Waals surface area contributed by atoms with Gasteiger partial charge in [0.2, 0.25) is 34.9 Å². The number of rotatable bonds is 12. The first-order chi connectivity index (χ1) is 39.2. The molecule has 6 bridgehead atoms. The van der Waals surface area contributed by atoms with Crippen molar-refractivity contribution in [1.29, 1.82) is 0 Å². The number of nitrogens with zero attached hydrogens (tertiary/aromatic N) is 6. The van der Waals surface area contributed by atoms with Gasteiger partial charge in [-0.2, -0.15) is 0 Å². The Kier molecular flexibility index (Phi) is 15.0. The lowest BCUT2D eigenvalue weighted by Gasteiger charge is -2.56. The maximum absolute atomic E-state index is 16.1. The van der Waals surface area contributed by atoms with Gasteiger partial charge in [0, 0.05) is 72.6 Å². The van der Waals surface area contributed by atoms with Crippen LogP contribution in [0.15, 0.2) is 0 Å². The minimum absolute atomic E-state index is 0.00479. The Balaban J connectivity index is 1.39. The maximum Gasteiger partial charge on any atom is 0.200 e. The summed E-state index contributed by atoms with van der Waals surface area (Å²) >= 11 is 0. The van der Waals surface area contributed by atoms with E-state index in [1.165, 1.54) is 0 Å². The van der Waals surface area contributed by atoms with Crippen LogP contribution in [0.1, 0.15) is 33.4 Å². The van der Waals surface area contributed by atoms with Crippen LogP contribution in [0.25, 0.3) is 0 Å². The normalized spacial score (nSPS) is 21.2. The van der Waals surface area contributed by atoms with E-state index in [1.807, 2.05) is 0 Å². The van der Waals surface area contributed by atoms with Crippen LogP contribution in [0.2, 0.25) is 0 Å². The third-order valence-electron chi connectivity index (χ3n) is 14.7. The molecule has 84 heavy (non-hydrogen) atoms. The average Bonchev–Trinajstić information content (AvgIpc) is 1.82. The largest absolute Gasteiger partial charge is 0.262 e. The first-order valence-corrected chi connectivity index (χ1v) is 22.8. The zero-order valence-electron chi connectivity index (χ0n) is 39.7. The molecular formula is C48H18F30N6. The Morgan fingerprint density at radius 2 is 0.202 bits per heavy atom. The zero-order valence-corrected chi connectivity index (χ0v) is 39.7. The topological polar surface area (TPSA) is 19.4 Å². The summed E-state index contributed by atoms with van der Waals surface area (Å²) in [7, 11) is 0. The fraction of sp³-hybridized carbons (Fsp3) is 0.250. The highest BCUT2D eigenvalue weighted by molar-refractivity contribution is 5.34. The molecule has 0 saturated carbocycles. The molecule has 0 amide bonds. The zero-order chi connectivity index (χ0) is 62.0. The Bertz CT molecular complexity index is 3260. The average molecular weight is 1250 g/mol. The molecule has 5 fully saturated rings. The fourth-order valence-electron chi connectivity index (χ4n) is 11.1. The van der Waals surface area contributed by atoms with E-state index in [4.69, 9.17) is 0 Å². The Morgan fingerprint density at radius 1 is 0.131 bits per heavy atom. The van der Waals surface area contributed by atoms with Gasteiger partial charge in [-0.3, -0.25) is 29.4 Å². The van der Waals surface area contributed by atoms with Crippen LogP contribution in [-0.2, 0) is 39.3 Å². The van der Waals surface area contributed by atoms with Crippen molar-refractivity contribution < 1.29 is 132 Å². The molecule has 5 saturated heterocycles. The third-order valence-corrected chi connectivity index (χ3v) is 14.7. The van der Waals surface area contributed by atoms with Crippen molar-refractivity contribution >= 4 is 0 Å². The van der Waals surface area contributed by atoms with Crippen molar-refractivity contribution in [2.24, 2.45) is 0 Å². The number of hydrogen-bond donors (Lipinski definition) is 0. The van der Waals surface area contributed by atoms with E-state index in [-0.39, 0.29) is 29.4 Å². The van der Waals surface area contributed by atoms with E-state index in [0.29, 0.717) is 0 Å². The van der Waals surface area contributed by atoms with Crippen molar-refractivity contribution in [1.82, 2.24) is 29.4 Å². The van der Waals surface area contributed by atoms with E-state index < -0.39 is 284 Å². The molecule has 5 aliphatic heterocycles. The summed E-state index contributed by atoms with van der Waals surface area (Å²) in [5.74, 6) is -88.4. The summed E-state index contributed by atoms with van der Waals surface area (Å²) in [5.41, 5.74) is -13.4. The van der Waals surface area contributed by atoms with Gasteiger partial charge in [-0.05, 0) is 0 Å². The van der Waals surface area contributed by atoms with Gasteiger partial charge in [0.15, 0.2) is 140 Å². The predicted molar refractivity (Wildman–Crippen MR) is 213 cm³/mol. The first kappa shape index (κ1) is 60.1. The third kappa shape index (κ3) is 8.40. The Labute approximate surface area is 445 Å². The van der Waals surface area contributed by atoms with Crippen LogP contribution in [0.4, 0.5) is 132 Å². The molecule has 0 atom stereocenters. The van der Waals surface area contributed by atoms with E-state index in [1.54, 1.807) is 0 Å². The van der Waals surface area contributed by atoms with E-state index in [9.17, 15) is 26.3 Å². The van der Waals surface area contributed by atoms with Gasteiger partial charge >= 0.3 is 0 Å². The van der Waals surface area contributed by atoms with Crippen molar-refractivity contribution in [2.75, 3.05) is 0 Å². The van der Waals surface area contributed by atoms with E-state index in [2.05, 4.69) is 0 Å². The molecule has 36 heteroatoms. The van der Waals surface area contributed by atoms with E-state index in [0.717, 1.165) is 0 Å². The molecule has 0 aromatic heterocycles. The maximum atomic E-state index is 16.1. The summed E-state index contributed by atoms with van der Waals surface area (Å²) < 4.78 is 463. The van der Waals surface area contributed by atoms with E-state index >= 15 is 105 Å². The smallest absolute Gasteiger partial charge is 0.200 e. The second-order valence-electron chi connectivity index (χ2n) is 18.8. The molecule has 0 spiro atoms. The second kappa shape index (κ2) is 20.9. The predicted octanol–water partition coefficient (Wildman–Crippen LogP) is 12.2. The molecule has 0 N–H and O–H groups in total. The molecular weight excluding hydrogens is 1230 g/mol. The first-order valence-electron chi connectivity index (χ1n) is 22.8. The van der Waals surface area contributed by atoms with Gasteiger partial charge in [0.25, 0.3) is 0 Å². The van der Waals surface area contributed by atoms with Crippen molar-refractivity contribution in [2.45, 2.75) is 76.3 Å². The molecule has 0 unspecified atom stereocenters. The minimum Gasteiger partial charge on any atom is -0.262 e. The van der Waals surface area contributed by atoms with Gasteiger partial charge < -0.3 is 0 Å². The summed E-state index contributed by atoms with van der Waals surface area (Å²) in [5, 5.41) is 0. The van der Waals surface area contributed by atoms with Crippen LogP contribution in [-0.4, -0.2) is 66.4 Å². The van der Waals surface area contributed by atoms with Crippen molar-refractivity contribution in [3.63, 3.8) is 0 Å². The van der Waals surface area contributed by atoms with Gasteiger partial charge in [-0.15, -0.1) is 0 Å². The van der Waals surface area contributed by atoms with Crippen LogP contribution in [0.3, 0.4) is 0 Å². The molecule has 5 heterocycles. The Hall–Kier alpha value is -7.02. The molecule has 6 aromatic carbocycles. The number of benzene rings is 6. The standard InChI is InChI=1S/C48H18F30N6/c49-13-7(14(50)26(62)37(73)25(13)61)1-79-43-44-80(2-8-15(51)27(63)38(74)28(64)16(8)52)47(79)48-81(3-9-17(53)29(65)39(75)30(66)18(9)54)45(83(43)5-11-21(57)33(69)41(77)34(70)22(11)58)46(82(48)4-10-19(55)31(67)40(76)32(68)20(10)56)84(44)6-12-23(59)35(71)42(78)36(72)24(12)60/h43-48H,1-6H2. The molecule has 6 aromatic rings. The lowest BCUT2D eigenvalue weighted by Crippen LogP contribution is -2.73. The summed E-state index contributed by atoms with van der Waals surface area (Å²) in [6.07, 6.45) is -18.3. The van der Waals surface area contributed by atoms with Gasteiger partial charge in [0.05, 0.1) is 37.0 Å². The number of halogens is 30. The second-order valence-corrected chi connectivity index (χ2v) is 18.8. The lowest BCUT2D eigenvalue weighted by atomic mass is 10.0. The summed E-state index contributed by atoms with van der Waals surface area (Å²) in [6, 6.07) is 0. The van der Waals surface area contributed by atoms with Gasteiger partial charge in [-0.1, -0.05) is 0 Å². The molecule has 450 valence electrons. The highest BCUT2D eigenvalue weighted by atomic mass is 19.2. The molecule has 11 rings (SSSR count). The Morgan fingerprint density at radius 3 is 0.286 bits per heavy atom. The van der Waals surface area contributed by atoms with Crippen molar-refractivity contribution in [3.8, 4) is 0 Å². The SMILES string of the molecule is Fc1c(F)c(F)c(CN2C3C4N(Cc5c(F)c(F)c(F)c(F)c5F)C2C2N(Cc5c(F)c(F)c(F)c(F)c5F)C(C(N2Cc2c(F)c(F)c(F)c(F)c2F)N4Cc2c(F)c(F)c(F)c(F)c2F)N3Cc2c(F)c(F)c(F)c(F)c2F)c(F)c1F. The van der Waals surface area contributed by atoms with Gasteiger partial charge in [-0.25, -0.2) is 132 Å². The molecule has 0 radical (unpaired) electrons. The summed E-state index contributed by atoms with van der Waals surface area (Å²) in [6.45, 7) is -13.6. The highest BCUT2D eigenvalue weighted by Crippen LogP contribution is 2.55. The highest BCUT2D eigenvalue weighted by Gasteiger charge is 2.72. The molecule has 0 aliphatic carbocycles. The minimum atomic E-state index is -3.12. The van der Waals surface area contributed by atoms with Crippen LogP contribution in [0, 0.1) is 175 Å². The molecule has 6 nitrogen and oxygen atoms in total. The summed E-state index contributed by atoms with van der Waals surface area (Å²) in [4.78, 5) is -0.0312. The number of piperazine rings is 1. The fourth-order valence-corrected chi connectivity index (χ4v) is 11.1. The van der Waals surface area contributed by atoms with Crippen LogP contribution < -0.4 is 0 Å².